The molecular formula is C18H14F6N4. The maximum Gasteiger partial charge on any atom is 0.416 e. The van der Waals surface area contributed by atoms with Crippen molar-refractivity contribution in [2.45, 2.75) is 6.18 Å². The maximum atomic E-state index is 13.7. The van der Waals surface area contributed by atoms with Gasteiger partial charge in [0.25, 0.3) is 0 Å². The second-order valence-electron chi connectivity index (χ2n) is 6.47. The van der Waals surface area contributed by atoms with Crippen LogP contribution in [0.25, 0.3) is 22.2 Å². The van der Waals surface area contributed by atoms with Crippen LogP contribution in [0.3, 0.4) is 0 Å². The second kappa shape index (κ2) is 6.69. The summed E-state index contributed by atoms with van der Waals surface area (Å²) in [4.78, 5) is 9.07. The first kappa shape index (κ1) is 18.6. The molecule has 2 heterocycles. The summed E-state index contributed by atoms with van der Waals surface area (Å²) in [6, 6.07) is 2.98. The second-order valence-corrected chi connectivity index (χ2v) is 6.47. The number of benzene rings is 2. The number of rotatable bonds is 2. The Kier molecular flexibility index (Phi) is 4.45. The van der Waals surface area contributed by atoms with Gasteiger partial charge in [0.1, 0.15) is 0 Å². The molecule has 0 saturated carbocycles. The Bertz CT molecular complexity index is 1010. The van der Waals surface area contributed by atoms with Gasteiger partial charge in [-0.3, -0.25) is 0 Å². The van der Waals surface area contributed by atoms with E-state index >= 15 is 0 Å². The molecule has 2 N–H and O–H groups in total. The van der Waals surface area contributed by atoms with Gasteiger partial charge in [-0.1, -0.05) is 0 Å². The number of anilines is 1. The van der Waals surface area contributed by atoms with Gasteiger partial charge in [0.05, 0.1) is 16.6 Å². The van der Waals surface area contributed by atoms with Crippen LogP contribution in [0, 0.1) is 17.5 Å². The van der Waals surface area contributed by atoms with Crippen molar-refractivity contribution in [2.24, 2.45) is 0 Å². The molecule has 3 aromatic rings. The molecule has 0 unspecified atom stereocenters. The highest BCUT2D eigenvalue weighted by atomic mass is 19.4. The van der Waals surface area contributed by atoms with Gasteiger partial charge >= 0.3 is 6.18 Å². The number of halogens is 6. The molecule has 1 aromatic heterocycles. The van der Waals surface area contributed by atoms with Crippen LogP contribution in [-0.2, 0) is 6.18 Å². The number of aromatic nitrogens is 2. The minimum atomic E-state index is -4.68. The Morgan fingerprint density at radius 3 is 2.18 bits per heavy atom. The third-order valence-corrected chi connectivity index (χ3v) is 4.61. The number of imidazole rings is 1. The minimum Gasteiger partial charge on any atom is -0.340 e. The molecule has 10 heteroatoms. The van der Waals surface area contributed by atoms with Gasteiger partial charge in [-0.25, -0.2) is 18.2 Å². The van der Waals surface area contributed by atoms with E-state index in [2.05, 4.69) is 15.3 Å². The summed E-state index contributed by atoms with van der Waals surface area (Å²) < 4.78 is 80.6. The number of hydrogen-bond acceptors (Lipinski definition) is 3. The zero-order chi connectivity index (χ0) is 20.1. The number of nitrogens with zero attached hydrogens (tertiary/aromatic N) is 2. The molecule has 4 rings (SSSR count). The molecule has 0 atom stereocenters. The van der Waals surface area contributed by atoms with E-state index in [1.807, 2.05) is 4.90 Å². The number of aromatic amines is 1. The van der Waals surface area contributed by atoms with Gasteiger partial charge in [0.2, 0.25) is 5.95 Å². The number of hydrogen-bond donors (Lipinski definition) is 2. The van der Waals surface area contributed by atoms with Gasteiger partial charge in [0, 0.05) is 31.7 Å². The van der Waals surface area contributed by atoms with E-state index in [4.69, 9.17) is 0 Å². The van der Waals surface area contributed by atoms with Crippen LogP contribution in [-0.4, -0.2) is 36.1 Å². The molecule has 1 saturated heterocycles. The quantitative estimate of drug-likeness (QED) is 0.504. The van der Waals surface area contributed by atoms with Crippen molar-refractivity contribution in [1.29, 1.82) is 0 Å². The monoisotopic (exact) mass is 400 g/mol. The van der Waals surface area contributed by atoms with E-state index in [0.717, 1.165) is 12.1 Å². The fraction of sp³-hybridized carbons (Fsp3) is 0.278. The molecule has 1 aliphatic rings. The van der Waals surface area contributed by atoms with Crippen molar-refractivity contribution in [3.05, 3.63) is 47.3 Å². The van der Waals surface area contributed by atoms with E-state index in [1.165, 1.54) is 0 Å². The molecule has 1 fully saturated rings. The summed E-state index contributed by atoms with van der Waals surface area (Å²) in [6.07, 6.45) is -4.68. The van der Waals surface area contributed by atoms with Crippen LogP contribution >= 0.6 is 0 Å². The van der Waals surface area contributed by atoms with Gasteiger partial charge in [-0.15, -0.1) is 0 Å². The van der Waals surface area contributed by atoms with Crippen molar-refractivity contribution in [2.75, 3.05) is 31.1 Å². The van der Waals surface area contributed by atoms with Crippen molar-refractivity contribution in [1.82, 2.24) is 15.3 Å². The first-order valence-electron chi connectivity index (χ1n) is 8.45. The predicted molar refractivity (Wildman–Crippen MR) is 91.5 cm³/mol. The summed E-state index contributed by atoms with van der Waals surface area (Å²) in [6.45, 7) is 2.57. The Labute approximate surface area is 155 Å². The molecule has 28 heavy (non-hydrogen) atoms. The Morgan fingerprint density at radius 2 is 1.57 bits per heavy atom. The maximum absolute atomic E-state index is 13.7. The van der Waals surface area contributed by atoms with Crippen LogP contribution in [0.4, 0.5) is 32.3 Å². The Balaban J connectivity index is 1.93. The molecule has 0 bridgehead atoms. The molecule has 0 amide bonds. The number of piperazine rings is 1. The smallest absolute Gasteiger partial charge is 0.340 e. The lowest BCUT2D eigenvalue weighted by molar-refractivity contribution is -0.137. The summed E-state index contributed by atoms with van der Waals surface area (Å²) in [5.41, 5.74) is -1.18. The number of alkyl halides is 3. The molecular weight excluding hydrogens is 386 g/mol. The van der Waals surface area contributed by atoms with Crippen LogP contribution in [0.15, 0.2) is 24.3 Å². The van der Waals surface area contributed by atoms with Crippen molar-refractivity contribution < 1.29 is 26.3 Å². The molecule has 0 aliphatic carbocycles. The van der Waals surface area contributed by atoms with E-state index < -0.39 is 29.2 Å². The third-order valence-electron chi connectivity index (χ3n) is 4.61. The topological polar surface area (TPSA) is 44.0 Å². The van der Waals surface area contributed by atoms with E-state index in [9.17, 15) is 26.3 Å². The number of H-pyrrole nitrogens is 1. The molecule has 0 spiro atoms. The average Bonchev–Trinajstić information content (AvgIpc) is 3.09. The first-order chi connectivity index (χ1) is 13.2. The standard InChI is InChI=1S/C18H14F6N4/c19-12-5-9(6-13(20)15(12)21)11-7-10(18(22,23)24)8-14-16(11)27-17(26-14)28-3-1-25-2-4-28/h5-8,25H,1-4H2,(H,26,27). The van der Waals surface area contributed by atoms with E-state index in [1.54, 1.807) is 0 Å². The Morgan fingerprint density at radius 1 is 0.929 bits per heavy atom. The molecule has 2 aromatic carbocycles. The van der Waals surface area contributed by atoms with Crippen LogP contribution in [0.2, 0.25) is 0 Å². The summed E-state index contributed by atoms with van der Waals surface area (Å²) in [5, 5.41) is 3.15. The van der Waals surface area contributed by atoms with E-state index in [0.29, 0.717) is 44.3 Å². The Hall–Kier alpha value is -2.75. The normalized spacial score (nSPS) is 15.4. The lowest BCUT2D eigenvalue weighted by atomic mass is 10.0. The van der Waals surface area contributed by atoms with Crippen molar-refractivity contribution >= 4 is 17.0 Å². The summed E-state index contributed by atoms with van der Waals surface area (Å²) >= 11 is 0. The van der Waals surface area contributed by atoms with Gasteiger partial charge in [-0.2, -0.15) is 13.2 Å². The number of fused-ring (bicyclic) bond motifs is 1. The average molecular weight is 400 g/mol. The third kappa shape index (κ3) is 3.28. The SMILES string of the molecule is Fc1cc(-c2cc(C(F)(F)F)cc3[nH]c(N4CCNCC4)nc23)cc(F)c1F. The fourth-order valence-corrected chi connectivity index (χ4v) is 3.23. The van der Waals surface area contributed by atoms with Gasteiger partial charge in [0.15, 0.2) is 17.5 Å². The highest BCUT2D eigenvalue weighted by molar-refractivity contribution is 5.94. The molecule has 1 aliphatic heterocycles. The molecule has 0 radical (unpaired) electrons. The van der Waals surface area contributed by atoms with Gasteiger partial charge in [-0.05, 0) is 29.8 Å². The zero-order valence-corrected chi connectivity index (χ0v) is 14.3. The summed E-state index contributed by atoms with van der Waals surface area (Å²) in [7, 11) is 0. The van der Waals surface area contributed by atoms with E-state index in [-0.39, 0.29) is 22.2 Å². The highest BCUT2D eigenvalue weighted by Gasteiger charge is 2.32. The zero-order valence-electron chi connectivity index (χ0n) is 14.3. The van der Waals surface area contributed by atoms with Crippen LogP contribution in [0.1, 0.15) is 5.56 Å². The minimum absolute atomic E-state index is 0.0727. The highest BCUT2D eigenvalue weighted by Crippen LogP contribution is 2.38. The van der Waals surface area contributed by atoms with Crippen molar-refractivity contribution in [3.8, 4) is 11.1 Å². The van der Waals surface area contributed by atoms with Crippen LogP contribution in [0.5, 0.6) is 0 Å². The van der Waals surface area contributed by atoms with Gasteiger partial charge < -0.3 is 15.2 Å². The lowest BCUT2D eigenvalue weighted by Gasteiger charge is -2.26. The number of nitrogens with one attached hydrogen (secondary N) is 2. The van der Waals surface area contributed by atoms with Crippen LogP contribution < -0.4 is 10.2 Å². The lowest BCUT2D eigenvalue weighted by Crippen LogP contribution is -2.44. The first-order valence-corrected chi connectivity index (χ1v) is 8.45. The molecule has 4 nitrogen and oxygen atoms in total. The summed E-state index contributed by atoms with van der Waals surface area (Å²) in [5.74, 6) is -4.30. The largest absolute Gasteiger partial charge is 0.416 e. The predicted octanol–water partition coefficient (Wildman–Crippen LogP) is 4.08. The van der Waals surface area contributed by atoms with Crippen molar-refractivity contribution in [3.63, 3.8) is 0 Å². The molecule has 148 valence electrons. The fourth-order valence-electron chi connectivity index (χ4n) is 3.23.